The molecule has 218 valence electrons. The summed E-state index contributed by atoms with van der Waals surface area (Å²) >= 11 is 0. The Morgan fingerprint density at radius 2 is 1.80 bits per heavy atom. The summed E-state index contributed by atoms with van der Waals surface area (Å²) in [5, 5.41) is 10.2. The molecule has 1 saturated heterocycles. The molecule has 3 fully saturated rings. The number of piperidine rings is 1. The molecule has 5 atom stereocenters. The molecule has 1 aromatic heterocycles. The number of fused-ring (bicyclic) bond motifs is 4. The molecule has 0 radical (unpaired) electrons. The van der Waals surface area contributed by atoms with Crippen molar-refractivity contribution in [3.63, 3.8) is 0 Å². The first-order chi connectivity index (χ1) is 18.4. The van der Waals surface area contributed by atoms with E-state index in [0.29, 0.717) is 6.42 Å². The van der Waals surface area contributed by atoms with Crippen LogP contribution in [-0.4, -0.2) is 62.3 Å². The van der Waals surface area contributed by atoms with Gasteiger partial charge in [-0.15, -0.1) is 0 Å². The number of imidazole rings is 1. The van der Waals surface area contributed by atoms with Crippen LogP contribution >= 0.6 is 0 Å². The lowest BCUT2D eigenvalue weighted by Crippen LogP contribution is -2.57. The summed E-state index contributed by atoms with van der Waals surface area (Å²) in [6.07, 6.45) is -4.46. The standard InChI is InChI=1S/C29H36F3N3O5/c1-16(2)11-17-20-27(12-26(6,23(37)38)13-34(14-27)24(39)40-25(3,4)5)29(17,20)21(36)22-33-18-9-7-8-10-19(18)35(22)15-28(30,31)32/h7-10,16-17,20H,11-15H2,1-6H3,(H,37,38). The van der Waals surface area contributed by atoms with Gasteiger partial charge in [-0.2, -0.15) is 13.2 Å². The van der Waals surface area contributed by atoms with Gasteiger partial charge in [-0.05, 0) is 70.4 Å². The molecule has 1 aliphatic heterocycles. The van der Waals surface area contributed by atoms with Crippen molar-refractivity contribution in [2.24, 2.45) is 34.0 Å². The Hall–Kier alpha value is -3.11. The summed E-state index contributed by atoms with van der Waals surface area (Å²) in [6.45, 7) is 9.37. The van der Waals surface area contributed by atoms with Crippen molar-refractivity contribution < 1.29 is 37.4 Å². The molecule has 2 saturated carbocycles. The molecular weight excluding hydrogens is 527 g/mol. The number of halogens is 3. The van der Waals surface area contributed by atoms with Crippen LogP contribution in [0.3, 0.4) is 0 Å². The lowest BCUT2D eigenvalue weighted by Gasteiger charge is -2.47. The highest BCUT2D eigenvalue weighted by Gasteiger charge is 2.98. The zero-order valence-electron chi connectivity index (χ0n) is 23.6. The van der Waals surface area contributed by atoms with Crippen LogP contribution < -0.4 is 0 Å². The first kappa shape index (κ1) is 28.4. The van der Waals surface area contributed by atoms with Crippen LogP contribution in [0.5, 0.6) is 0 Å². The van der Waals surface area contributed by atoms with Crippen LogP contribution in [-0.2, 0) is 16.1 Å². The minimum absolute atomic E-state index is 0.0859. The van der Waals surface area contributed by atoms with Gasteiger partial charge >= 0.3 is 18.2 Å². The van der Waals surface area contributed by atoms with Gasteiger partial charge in [-0.3, -0.25) is 9.59 Å². The Labute approximate surface area is 230 Å². The van der Waals surface area contributed by atoms with Crippen LogP contribution in [0.15, 0.2) is 24.3 Å². The fourth-order valence-corrected chi connectivity index (χ4v) is 7.62. The molecule has 40 heavy (non-hydrogen) atoms. The van der Waals surface area contributed by atoms with Crippen LogP contribution in [0.1, 0.15) is 65.0 Å². The number of alkyl halides is 3. The van der Waals surface area contributed by atoms with Gasteiger partial charge in [0.2, 0.25) is 5.78 Å². The number of benzene rings is 1. The number of hydrogen-bond acceptors (Lipinski definition) is 5. The van der Waals surface area contributed by atoms with Crippen LogP contribution in [0.4, 0.5) is 18.0 Å². The molecule has 5 unspecified atom stereocenters. The second-order valence-corrected chi connectivity index (χ2v) is 13.6. The van der Waals surface area contributed by atoms with Crippen molar-refractivity contribution in [2.75, 3.05) is 13.1 Å². The topological polar surface area (TPSA) is 102 Å². The maximum atomic E-state index is 14.5. The summed E-state index contributed by atoms with van der Waals surface area (Å²) in [6, 6.07) is 6.33. The minimum atomic E-state index is -4.59. The van der Waals surface area contributed by atoms with Crippen molar-refractivity contribution in [3.05, 3.63) is 30.1 Å². The largest absolute Gasteiger partial charge is 0.481 e. The Morgan fingerprint density at radius 1 is 1.15 bits per heavy atom. The molecular formula is C29H36F3N3O5. The lowest BCUT2D eigenvalue weighted by molar-refractivity contribution is -0.154. The zero-order valence-corrected chi connectivity index (χ0v) is 23.6. The van der Waals surface area contributed by atoms with E-state index in [0.717, 1.165) is 4.57 Å². The normalized spacial score (nSPS) is 31.4. The van der Waals surface area contributed by atoms with Gasteiger partial charge in [-0.25, -0.2) is 9.78 Å². The van der Waals surface area contributed by atoms with Crippen LogP contribution in [0.2, 0.25) is 0 Å². The number of carboxylic acids is 1. The number of carbonyl (C=O) groups excluding carboxylic acids is 2. The predicted molar refractivity (Wildman–Crippen MR) is 140 cm³/mol. The number of aromatic nitrogens is 2. The van der Waals surface area contributed by atoms with Crippen LogP contribution in [0.25, 0.3) is 11.0 Å². The van der Waals surface area contributed by atoms with E-state index in [9.17, 15) is 32.7 Å². The highest BCUT2D eigenvalue weighted by Crippen LogP contribution is 2.95. The molecule has 2 heterocycles. The maximum Gasteiger partial charge on any atom is 0.410 e. The van der Waals surface area contributed by atoms with Gasteiger partial charge in [0, 0.05) is 18.5 Å². The molecule has 2 aromatic rings. The number of ketones is 1. The maximum absolute atomic E-state index is 14.5. The molecule has 1 N–H and O–H groups in total. The number of rotatable bonds is 6. The highest BCUT2D eigenvalue weighted by atomic mass is 19.4. The molecule has 1 amide bonds. The van der Waals surface area contributed by atoms with Gasteiger partial charge in [0.15, 0.2) is 5.82 Å². The summed E-state index contributed by atoms with van der Waals surface area (Å²) in [4.78, 5) is 45.9. The number of aliphatic carboxylic acids is 1. The van der Waals surface area contributed by atoms with E-state index in [-0.39, 0.29) is 54.1 Å². The van der Waals surface area contributed by atoms with Crippen molar-refractivity contribution >= 4 is 28.9 Å². The lowest BCUT2D eigenvalue weighted by atomic mass is 9.65. The number of carboxylic acid groups (broad SMARTS) is 1. The Balaban J connectivity index is 1.60. The number of amides is 1. The van der Waals surface area contributed by atoms with E-state index in [2.05, 4.69) is 4.98 Å². The third-order valence-corrected chi connectivity index (χ3v) is 8.89. The summed E-state index contributed by atoms with van der Waals surface area (Å²) in [5.41, 5.74) is -3.64. The molecule has 1 spiro atoms. The summed E-state index contributed by atoms with van der Waals surface area (Å²) < 4.78 is 47.6. The number of carbonyl (C=O) groups is 3. The Kier molecular flexibility index (Phi) is 6.18. The van der Waals surface area contributed by atoms with E-state index < -0.39 is 52.4 Å². The van der Waals surface area contributed by atoms with Crippen molar-refractivity contribution in [2.45, 2.75) is 72.7 Å². The highest BCUT2D eigenvalue weighted by molar-refractivity contribution is 6.07. The third-order valence-electron chi connectivity index (χ3n) is 8.89. The molecule has 11 heteroatoms. The van der Waals surface area contributed by atoms with Crippen LogP contribution in [0, 0.1) is 34.0 Å². The first-order valence-electron chi connectivity index (χ1n) is 13.6. The first-order valence-corrected chi connectivity index (χ1v) is 13.6. The van der Waals surface area contributed by atoms with Gasteiger partial charge < -0.3 is 19.3 Å². The molecule has 1 aromatic carbocycles. The summed E-state index contributed by atoms with van der Waals surface area (Å²) in [5.74, 6) is -2.03. The van der Waals surface area contributed by atoms with Crippen molar-refractivity contribution in [1.82, 2.24) is 14.5 Å². The fourth-order valence-electron chi connectivity index (χ4n) is 7.62. The van der Waals surface area contributed by atoms with Crippen molar-refractivity contribution in [3.8, 4) is 0 Å². The number of Topliss-reactive ketones (excluding diaryl/α,β-unsaturated/α-hetero) is 1. The second kappa shape index (κ2) is 8.69. The Morgan fingerprint density at radius 3 is 2.38 bits per heavy atom. The number of hydrogen-bond donors (Lipinski definition) is 1. The number of likely N-dealkylation sites (tertiary alicyclic amines) is 1. The van der Waals surface area contributed by atoms with Gasteiger partial charge in [0.25, 0.3) is 0 Å². The smallest absolute Gasteiger partial charge is 0.410 e. The second-order valence-electron chi connectivity index (χ2n) is 13.6. The number of para-hydroxylation sites is 2. The molecule has 5 rings (SSSR count). The Bertz CT molecular complexity index is 1400. The fraction of sp³-hybridized carbons (Fsp3) is 0.655. The molecule has 0 bridgehead atoms. The van der Waals surface area contributed by atoms with E-state index >= 15 is 0 Å². The monoisotopic (exact) mass is 563 g/mol. The quantitative estimate of drug-likeness (QED) is 0.447. The van der Waals surface area contributed by atoms with E-state index in [1.165, 1.54) is 11.0 Å². The average Bonchev–Trinajstić information content (AvgIpc) is 3.59. The average molecular weight is 564 g/mol. The third kappa shape index (κ3) is 4.27. The van der Waals surface area contributed by atoms with E-state index in [1.54, 1.807) is 45.9 Å². The molecule has 8 nitrogen and oxygen atoms in total. The van der Waals surface area contributed by atoms with Gasteiger partial charge in [-0.1, -0.05) is 26.0 Å². The molecule has 3 aliphatic rings. The van der Waals surface area contributed by atoms with Gasteiger partial charge in [0.05, 0.1) is 21.9 Å². The zero-order chi connectivity index (χ0) is 29.6. The van der Waals surface area contributed by atoms with E-state index in [4.69, 9.17) is 4.74 Å². The van der Waals surface area contributed by atoms with Gasteiger partial charge in [0.1, 0.15) is 12.1 Å². The van der Waals surface area contributed by atoms with E-state index in [1.807, 2.05) is 13.8 Å². The predicted octanol–water partition coefficient (Wildman–Crippen LogP) is 5.79. The van der Waals surface area contributed by atoms with Crippen molar-refractivity contribution in [1.29, 1.82) is 0 Å². The SMILES string of the molecule is CC(C)CC1C2C3(CN(C(=O)OC(C)(C)C)CC(C)(C(=O)O)C3)C12C(=O)c1nc2ccccc2n1CC(F)(F)F. The summed E-state index contributed by atoms with van der Waals surface area (Å²) in [7, 11) is 0. The number of nitrogens with zero attached hydrogens (tertiary/aromatic N) is 3. The number of ether oxygens (including phenoxy) is 1. The molecule has 2 aliphatic carbocycles. The minimum Gasteiger partial charge on any atom is -0.481 e.